The zero-order chi connectivity index (χ0) is 28.6. The van der Waals surface area contributed by atoms with E-state index >= 15 is 0 Å². The van der Waals surface area contributed by atoms with Gasteiger partial charge in [0.1, 0.15) is 5.69 Å². The third-order valence-corrected chi connectivity index (χ3v) is 6.44. The second kappa shape index (κ2) is 12.7. The molecule has 3 amide bonds. The first kappa shape index (κ1) is 27.2. The fraction of sp³-hybridized carbons (Fsp3) is 0. The zero-order valence-electron chi connectivity index (χ0n) is 21.5. The van der Waals surface area contributed by atoms with Gasteiger partial charge in [-0.05, 0) is 48.5 Å². The van der Waals surface area contributed by atoms with Crippen LogP contribution in [0.15, 0.2) is 125 Å². The molecule has 5 rings (SSSR count). The van der Waals surface area contributed by atoms with E-state index in [4.69, 9.17) is 5.10 Å². The minimum Gasteiger partial charge on any atom is -0.322 e. The molecular weight excluding hydrogens is 584 g/mol. The third-order valence-electron chi connectivity index (χ3n) is 5.91. The Morgan fingerprint density at radius 3 is 2.15 bits per heavy atom. The first-order valence-corrected chi connectivity index (χ1v) is 13.3. The Morgan fingerprint density at radius 2 is 1.41 bits per heavy atom. The fourth-order valence-electron chi connectivity index (χ4n) is 3.93. The lowest BCUT2D eigenvalue weighted by atomic mass is 10.1. The number of carbonyl (C=O) groups is 3. The van der Waals surface area contributed by atoms with Gasteiger partial charge in [0.15, 0.2) is 0 Å². The smallest absolute Gasteiger partial charge is 0.322 e. The van der Waals surface area contributed by atoms with Crippen molar-refractivity contribution in [3.8, 4) is 16.9 Å². The molecule has 0 radical (unpaired) electrons. The van der Waals surface area contributed by atoms with Crippen LogP contribution in [0.4, 0.5) is 11.4 Å². The Hall–Kier alpha value is -5.35. The molecule has 1 heterocycles. The van der Waals surface area contributed by atoms with Crippen LogP contribution in [0.2, 0.25) is 0 Å². The van der Waals surface area contributed by atoms with E-state index in [0.29, 0.717) is 16.9 Å². The zero-order valence-corrected chi connectivity index (χ0v) is 23.1. The molecule has 0 aliphatic heterocycles. The van der Waals surface area contributed by atoms with Crippen molar-refractivity contribution in [1.82, 2.24) is 15.2 Å². The van der Waals surface area contributed by atoms with Gasteiger partial charge in [0, 0.05) is 27.5 Å². The standard InChI is InChI=1S/C31H23BrN6O3/c32-23-15-17-24(18-16-23)34-29(39)26-13-7-8-14-27(26)35-30(40)31(41)36-33-19-22-20-38(25-11-5-2-6-12-25)37-28(22)21-9-3-1-4-10-21/h1-20H,(H,34,39)(H,35,40)(H,36,41). The summed E-state index contributed by atoms with van der Waals surface area (Å²) < 4.78 is 2.59. The molecule has 0 bridgehead atoms. The number of aromatic nitrogens is 2. The highest BCUT2D eigenvalue weighted by molar-refractivity contribution is 9.10. The molecule has 0 atom stereocenters. The maximum Gasteiger partial charge on any atom is 0.329 e. The Kier molecular flexibility index (Phi) is 8.41. The second-order valence-electron chi connectivity index (χ2n) is 8.74. The number of carbonyl (C=O) groups excluding carboxylic acids is 3. The third kappa shape index (κ3) is 6.81. The number of para-hydroxylation sites is 2. The number of benzene rings is 4. The minimum absolute atomic E-state index is 0.182. The Bertz CT molecular complexity index is 1720. The van der Waals surface area contributed by atoms with Gasteiger partial charge < -0.3 is 10.6 Å². The summed E-state index contributed by atoms with van der Waals surface area (Å²) in [5, 5.41) is 13.9. The molecule has 0 fully saturated rings. The summed E-state index contributed by atoms with van der Waals surface area (Å²) >= 11 is 3.35. The monoisotopic (exact) mass is 606 g/mol. The van der Waals surface area contributed by atoms with Crippen molar-refractivity contribution in [1.29, 1.82) is 0 Å². The highest BCUT2D eigenvalue weighted by Gasteiger charge is 2.18. The van der Waals surface area contributed by atoms with E-state index in [1.165, 1.54) is 12.3 Å². The molecule has 10 heteroatoms. The quantitative estimate of drug-likeness (QED) is 0.126. The highest BCUT2D eigenvalue weighted by Crippen LogP contribution is 2.23. The molecule has 1 aromatic heterocycles. The maximum absolute atomic E-state index is 12.8. The number of nitrogens with one attached hydrogen (secondary N) is 3. The number of hydrogen-bond acceptors (Lipinski definition) is 5. The van der Waals surface area contributed by atoms with Gasteiger partial charge in [0.2, 0.25) is 0 Å². The van der Waals surface area contributed by atoms with E-state index in [1.807, 2.05) is 60.7 Å². The van der Waals surface area contributed by atoms with Crippen LogP contribution in [0.25, 0.3) is 16.9 Å². The largest absolute Gasteiger partial charge is 0.329 e. The van der Waals surface area contributed by atoms with Crippen LogP contribution in [0, 0.1) is 0 Å². The first-order valence-electron chi connectivity index (χ1n) is 12.5. The number of amides is 3. The molecule has 9 nitrogen and oxygen atoms in total. The van der Waals surface area contributed by atoms with Gasteiger partial charge in [-0.25, -0.2) is 10.1 Å². The van der Waals surface area contributed by atoms with E-state index < -0.39 is 17.7 Å². The predicted octanol–water partition coefficient (Wildman–Crippen LogP) is 5.64. The highest BCUT2D eigenvalue weighted by atomic mass is 79.9. The maximum atomic E-state index is 12.8. The lowest BCUT2D eigenvalue weighted by molar-refractivity contribution is -0.136. The SMILES string of the molecule is O=C(NN=Cc1cn(-c2ccccc2)nc1-c1ccccc1)C(=O)Nc1ccccc1C(=O)Nc1ccc(Br)cc1. The Labute approximate surface area is 244 Å². The van der Waals surface area contributed by atoms with Gasteiger partial charge >= 0.3 is 11.8 Å². The summed E-state index contributed by atoms with van der Waals surface area (Å²) in [5.41, 5.74) is 6.22. The number of halogens is 1. The lowest BCUT2D eigenvalue weighted by Gasteiger charge is -2.11. The number of nitrogens with zero attached hydrogens (tertiary/aromatic N) is 3. The van der Waals surface area contributed by atoms with Crippen LogP contribution in [-0.4, -0.2) is 33.7 Å². The number of hydrazone groups is 1. The summed E-state index contributed by atoms with van der Waals surface area (Å²) in [5.74, 6) is -2.42. The van der Waals surface area contributed by atoms with E-state index in [-0.39, 0.29) is 11.3 Å². The topological polar surface area (TPSA) is 117 Å². The van der Waals surface area contributed by atoms with Gasteiger partial charge in [-0.1, -0.05) is 76.6 Å². The van der Waals surface area contributed by atoms with Crippen LogP contribution in [-0.2, 0) is 9.59 Å². The van der Waals surface area contributed by atoms with Crippen LogP contribution in [0.3, 0.4) is 0 Å². The first-order chi connectivity index (χ1) is 20.0. The number of anilines is 2. The molecule has 0 aliphatic carbocycles. The van der Waals surface area contributed by atoms with Crippen molar-refractivity contribution in [2.45, 2.75) is 0 Å². The van der Waals surface area contributed by atoms with Gasteiger partial charge in [-0.3, -0.25) is 14.4 Å². The summed E-state index contributed by atoms with van der Waals surface area (Å²) in [6.07, 6.45) is 3.22. The molecule has 0 spiro atoms. The molecule has 202 valence electrons. The van der Waals surface area contributed by atoms with Crippen molar-refractivity contribution in [2.75, 3.05) is 10.6 Å². The average Bonchev–Trinajstić information content (AvgIpc) is 3.43. The predicted molar refractivity (Wildman–Crippen MR) is 162 cm³/mol. The minimum atomic E-state index is -0.999. The normalized spacial score (nSPS) is 10.8. The molecule has 0 saturated heterocycles. The lowest BCUT2D eigenvalue weighted by Crippen LogP contribution is -2.33. The van der Waals surface area contributed by atoms with Crippen LogP contribution in [0.1, 0.15) is 15.9 Å². The molecule has 5 aromatic rings. The molecule has 3 N–H and O–H groups in total. The fourth-order valence-corrected chi connectivity index (χ4v) is 4.19. The van der Waals surface area contributed by atoms with Crippen LogP contribution < -0.4 is 16.1 Å². The Morgan fingerprint density at radius 1 is 0.756 bits per heavy atom. The Balaban J connectivity index is 1.28. The second-order valence-corrected chi connectivity index (χ2v) is 9.65. The van der Waals surface area contributed by atoms with E-state index in [9.17, 15) is 14.4 Å². The number of rotatable bonds is 7. The van der Waals surface area contributed by atoms with Crippen LogP contribution in [0.5, 0.6) is 0 Å². The van der Waals surface area contributed by atoms with Gasteiger partial charge in [-0.2, -0.15) is 10.2 Å². The van der Waals surface area contributed by atoms with Gasteiger partial charge in [0.05, 0.1) is 23.2 Å². The van der Waals surface area contributed by atoms with E-state index in [2.05, 4.69) is 37.1 Å². The average molecular weight is 607 g/mol. The van der Waals surface area contributed by atoms with E-state index in [1.54, 1.807) is 53.3 Å². The van der Waals surface area contributed by atoms with Crippen molar-refractivity contribution >= 4 is 51.2 Å². The van der Waals surface area contributed by atoms with Crippen molar-refractivity contribution in [3.63, 3.8) is 0 Å². The summed E-state index contributed by atoms with van der Waals surface area (Å²) in [6, 6.07) is 32.6. The van der Waals surface area contributed by atoms with Gasteiger partial charge in [-0.15, -0.1) is 0 Å². The van der Waals surface area contributed by atoms with Crippen molar-refractivity contribution < 1.29 is 14.4 Å². The molecule has 0 unspecified atom stereocenters. The molecule has 4 aromatic carbocycles. The molecule has 41 heavy (non-hydrogen) atoms. The number of hydrogen-bond donors (Lipinski definition) is 3. The summed E-state index contributed by atoms with van der Waals surface area (Å²) in [7, 11) is 0. The molecule has 0 saturated carbocycles. The van der Waals surface area contributed by atoms with E-state index in [0.717, 1.165) is 15.7 Å². The molecule has 0 aliphatic rings. The summed E-state index contributed by atoms with van der Waals surface area (Å²) in [4.78, 5) is 38.1. The van der Waals surface area contributed by atoms with Crippen LogP contribution >= 0.6 is 15.9 Å². The van der Waals surface area contributed by atoms with Gasteiger partial charge in [0.25, 0.3) is 5.91 Å². The van der Waals surface area contributed by atoms with Crippen molar-refractivity contribution in [3.05, 3.63) is 131 Å². The van der Waals surface area contributed by atoms with Crippen molar-refractivity contribution in [2.24, 2.45) is 5.10 Å². The molecular formula is C31H23BrN6O3. The summed E-state index contributed by atoms with van der Waals surface area (Å²) in [6.45, 7) is 0.